The summed E-state index contributed by atoms with van der Waals surface area (Å²) in [6.07, 6.45) is 0. The van der Waals surface area contributed by atoms with Gasteiger partial charge in [-0.25, -0.2) is 4.39 Å². The van der Waals surface area contributed by atoms with E-state index in [1.165, 1.54) is 17.4 Å². The fourth-order valence-electron chi connectivity index (χ4n) is 1.25. The second-order valence-electron chi connectivity index (χ2n) is 2.80. The third-order valence-corrected chi connectivity index (χ3v) is 3.27. The molecule has 0 saturated carbocycles. The number of thiophene rings is 1. The van der Waals surface area contributed by atoms with E-state index < -0.39 is 0 Å². The third kappa shape index (κ3) is 1.77. The molecule has 1 nitrogen and oxygen atoms in total. The number of halogens is 2. The average molecular weight is 275 g/mol. The van der Waals surface area contributed by atoms with Gasteiger partial charge in [-0.05, 0) is 19.1 Å². The lowest BCUT2D eigenvalue weighted by Crippen LogP contribution is -1.86. The van der Waals surface area contributed by atoms with Crippen molar-refractivity contribution < 1.29 is 9.13 Å². The molecule has 0 aliphatic heterocycles. The second-order valence-corrected chi connectivity index (χ2v) is 4.76. The Hall–Kier alpha value is -0.610. The highest BCUT2D eigenvalue weighted by molar-refractivity contribution is 9.10. The van der Waals surface area contributed by atoms with Crippen LogP contribution in [0.25, 0.3) is 10.1 Å². The van der Waals surface area contributed by atoms with Crippen molar-refractivity contribution in [1.29, 1.82) is 0 Å². The van der Waals surface area contributed by atoms with Gasteiger partial charge in [-0.3, -0.25) is 0 Å². The van der Waals surface area contributed by atoms with Gasteiger partial charge in [0.05, 0.1) is 6.61 Å². The topological polar surface area (TPSA) is 9.23 Å². The Morgan fingerprint density at radius 1 is 1.43 bits per heavy atom. The highest BCUT2D eigenvalue weighted by Crippen LogP contribution is 2.35. The van der Waals surface area contributed by atoms with Crippen LogP contribution in [-0.4, -0.2) is 6.61 Å². The number of benzene rings is 1. The van der Waals surface area contributed by atoms with Gasteiger partial charge in [-0.15, -0.1) is 0 Å². The zero-order chi connectivity index (χ0) is 10.1. The molecular weight excluding hydrogens is 267 g/mol. The summed E-state index contributed by atoms with van der Waals surface area (Å²) in [5.74, 6) is -0.212. The number of ether oxygens (including phenoxy) is 1. The normalized spacial score (nSPS) is 10.8. The first-order chi connectivity index (χ1) is 6.70. The van der Waals surface area contributed by atoms with Gasteiger partial charge in [0, 0.05) is 20.6 Å². The van der Waals surface area contributed by atoms with Crippen molar-refractivity contribution in [2.24, 2.45) is 0 Å². The van der Waals surface area contributed by atoms with Crippen LogP contribution < -0.4 is 4.74 Å². The van der Waals surface area contributed by atoms with E-state index in [9.17, 15) is 4.39 Å². The molecule has 1 aromatic carbocycles. The number of fused-ring (bicyclic) bond motifs is 1. The molecule has 4 heteroatoms. The zero-order valence-corrected chi connectivity index (χ0v) is 9.91. The monoisotopic (exact) mass is 274 g/mol. The minimum absolute atomic E-state index is 0.212. The quantitative estimate of drug-likeness (QED) is 0.798. The number of hydrogen-bond donors (Lipinski definition) is 0. The van der Waals surface area contributed by atoms with Crippen LogP contribution in [0.5, 0.6) is 5.06 Å². The van der Waals surface area contributed by atoms with Crippen molar-refractivity contribution in [1.82, 2.24) is 0 Å². The van der Waals surface area contributed by atoms with E-state index in [-0.39, 0.29) is 5.82 Å². The van der Waals surface area contributed by atoms with E-state index >= 15 is 0 Å². The standard InChI is InChI=1S/C10H8BrFOS/c1-2-13-10-5-7-8(12)3-6(11)4-9(7)14-10/h3-5H,2H2,1H3. The van der Waals surface area contributed by atoms with Crippen molar-refractivity contribution in [3.8, 4) is 5.06 Å². The van der Waals surface area contributed by atoms with Gasteiger partial charge in [0.2, 0.25) is 0 Å². The van der Waals surface area contributed by atoms with E-state index in [4.69, 9.17) is 4.74 Å². The van der Waals surface area contributed by atoms with E-state index in [1.807, 2.05) is 13.0 Å². The Morgan fingerprint density at radius 2 is 2.21 bits per heavy atom. The van der Waals surface area contributed by atoms with Crippen LogP contribution in [0.15, 0.2) is 22.7 Å². The molecule has 74 valence electrons. The number of hydrogen-bond acceptors (Lipinski definition) is 2. The molecule has 0 N–H and O–H groups in total. The van der Waals surface area contributed by atoms with Crippen LogP contribution in [-0.2, 0) is 0 Å². The fraction of sp³-hybridized carbons (Fsp3) is 0.200. The first-order valence-electron chi connectivity index (χ1n) is 4.22. The minimum atomic E-state index is -0.212. The van der Waals surface area contributed by atoms with Gasteiger partial charge >= 0.3 is 0 Å². The molecule has 2 rings (SSSR count). The maximum Gasteiger partial charge on any atom is 0.175 e. The van der Waals surface area contributed by atoms with Gasteiger partial charge < -0.3 is 4.74 Å². The van der Waals surface area contributed by atoms with Crippen molar-refractivity contribution in [3.05, 3.63) is 28.5 Å². The van der Waals surface area contributed by atoms with Crippen LogP contribution in [0.3, 0.4) is 0 Å². The summed E-state index contributed by atoms with van der Waals surface area (Å²) in [5, 5.41) is 1.39. The van der Waals surface area contributed by atoms with Crippen LogP contribution in [0.4, 0.5) is 4.39 Å². The Balaban J connectivity index is 2.58. The summed E-state index contributed by atoms with van der Waals surface area (Å²) in [6.45, 7) is 2.52. The predicted molar refractivity (Wildman–Crippen MR) is 60.7 cm³/mol. The molecule has 0 aliphatic carbocycles. The third-order valence-electron chi connectivity index (χ3n) is 1.82. The van der Waals surface area contributed by atoms with Crippen molar-refractivity contribution in [3.63, 3.8) is 0 Å². The van der Waals surface area contributed by atoms with Crippen LogP contribution >= 0.6 is 27.3 Å². The number of rotatable bonds is 2. The maximum absolute atomic E-state index is 13.4. The molecule has 0 unspecified atom stereocenters. The molecular formula is C10H8BrFOS. The minimum Gasteiger partial charge on any atom is -0.484 e. The molecule has 0 bridgehead atoms. The highest BCUT2D eigenvalue weighted by Gasteiger charge is 2.07. The molecule has 0 spiro atoms. The molecule has 0 aliphatic rings. The van der Waals surface area contributed by atoms with E-state index in [0.29, 0.717) is 12.0 Å². The predicted octanol–water partition coefficient (Wildman–Crippen LogP) is 4.20. The molecule has 2 aromatic rings. The summed E-state index contributed by atoms with van der Waals surface area (Å²) in [4.78, 5) is 0. The lowest BCUT2D eigenvalue weighted by Gasteiger charge is -1.93. The molecule has 14 heavy (non-hydrogen) atoms. The highest BCUT2D eigenvalue weighted by atomic mass is 79.9. The summed E-state index contributed by atoms with van der Waals surface area (Å²) in [7, 11) is 0. The molecule has 0 atom stereocenters. The summed E-state index contributed by atoms with van der Waals surface area (Å²) in [6, 6.07) is 5.10. The van der Waals surface area contributed by atoms with Gasteiger partial charge in [-0.1, -0.05) is 27.3 Å². The van der Waals surface area contributed by atoms with Gasteiger partial charge in [0.15, 0.2) is 5.06 Å². The van der Waals surface area contributed by atoms with Crippen molar-refractivity contribution in [2.75, 3.05) is 6.61 Å². The summed E-state index contributed by atoms with van der Waals surface area (Å²) in [5.41, 5.74) is 0. The summed E-state index contributed by atoms with van der Waals surface area (Å²) >= 11 is 4.72. The lowest BCUT2D eigenvalue weighted by atomic mass is 10.2. The van der Waals surface area contributed by atoms with E-state index in [2.05, 4.69) is 15.9 Å². The van der Waals surface area contributed by atoms with Crippen molar-refractivity contribution >= 4 is 37.4 Å². The molecule has 0 fully saturated rings. The first kappa shape index (κ1) is 9.93. The maximum atomic E-state index is 13.4. The van der Waals surface area contributed by atoms with Crippen LogP contribution in [0.1, 0.15) is 6.92 Å². The SMILES string of the molecule is CCOc1cc2c(F)cc(Br)cc2s1. The Morgan fingerprint density at radius 3 is 2.93 bits per heavy atom. The average Bonchev–Trinajstić information content (AvgIpc) is 2.48. The molecule has 0 amide bonds. The second kappa shape index (κ2) is 3.87. The van der Waals surface area contributed by atoms with Crippen LogP contribution in [0, 0.1) is 5.82 Å². The smallest absolute Gasteiger partial charge is 0.175 e. The molecule has 0 saturated heterocycles. The Labute approximate surface area is 93.6 Å². The van der Waals surface area contributed by atoms with Gasteiger partial charge in [0.1, 0.15) is 5.82 Å². The first-order valence-corrected chi connectivity index (χ1v) is 5.83. The largest absolute Gasteiger partial charge is 0.484 e. The molecule has 1 heterocycles. The van der Waals surface area contributed by atoms with Gasteiger partial charge in [0.25, 0.3) is 0 Å². The molecule has 1 aromatic heterocycles. The lowest BCUT2D eigenvalue weighted by molar-refractivity contribution is 0.350. The fourth-order valence-corrected chi connectivity index (χ4v) is 2.86. The van der Waals surface area contributed by atoms with E-state index in [1.54, 1.807) is 6.07 Å². The van der Waals surface area contributed by atoms with E-state index in [0.717, 1.165) is 14.2 Å². The Kier molecular flexibility index (Phi) is 2.74. The van der Waals surface area contributed by atoms with Crippen molar-refractivity contribution in [2.45, 2.75) is 6.92 Å². The Bertz CT molecular complexity index is 466. The molecule has 0 radical (unpaired) electrons. The summed E-state index contributed by atoms with van der Waals surface area (Å²) < 4.78 is 20.4. The zero-order valence-electron chi connectivity index (χ0n) is 7.51. The van der Waals surface area contributed by atoms with Gasteiger partial charge in [-0.2, -0.15) is 0 Å². The van der Waals surface area contributed by atoms with Crippen LogP contribution in [0.2, 0.25) is 0 Å².